The Morgan fingerprint density at radius 1 is 1.00 bits per heavy atom. The Morgan fingerprint density at radius 2 is 1.59 bits per heavy atom. The van der Waals surface area contributed by atoms with Gasteiger partial charge in [0.25, 0.3) is 0 Å². The average molecular weight is 234 g/mol. The first-order valence-electron chi connectivity index (χ1n) is 5.46. The molecule has 90 valence electrons. The highest BCUT2D eigenvalue weighted by Crippen LogP contribution is 2.06. The first-order chi connectivity index (χ1) is 8.20. The zero-order valence-electron chi connectivity index (χ0n) is 9.22. The van der Waals surface area contributed by atoms with E-state index >= 15 is 0 Å². The number of aliphatic hydroxyl groups excluding tert-OH is 1. The van der Waals surface area contributed by atoms with Gasteiger partial charge in [-0.25, -0.2) is 0 Å². The Labute approximate surface area is 98.8 Å². The zero-order chi connectivity index (χ0) is 12.3. The van der Waals surface area contributed by atoms with Crippen molar-refractivity contribution in [1.82, 2.24) is 10.6 Å². The Morgan fingerprint density at radius 3 is 2.24 bits per heavy atom. The van der Waals surface area contributed by atoms with Crippen molar-refractivity contribution in [2.75, 3.05) is 6.61 Å². The molecule has 0 unspecified atom stereocenters. The highest BCUT2D eigenvalue weighted by Gasteiger charge is 2.32. The summed E-state index contributed by atoms with van der Waals surface area (Å²) in [4.78, 5) is 23.2. The van der Waals surface area contributed by atoms with Gasteiger partial charge in [0.15, 0.2) is 0 Å². The van der Waals surface area contributed by atoms with Crippen molar-refractivity contribution in [1.29, 1.82) is 0 Å². The molecule has 5 heteroatoms. The lowest BCUT2D eigenvalue weighted by atomic mass is 10.0. The van der Waals surface area contributed by atoms with E-state index in [9.17, 15) is 9.59 Å². The molecule has 5 nitrogen and oxygen atoms in total. The molecule has 1 aromatic carbocycles. The van der Waals surface area contributed by atoms with Crippen LogP contribution in [0.15, 0.2) is 30.3 Å². The minimum Gasteiger partial charge on any atom is -0.394 e. The summed E-state index contributed by atoms with van der Waals surface area (Å²) < 4.78 is 0. The number of nitrogens with one attached hydrogen (secondary N) is 2. The predicted molar refractivity (Wildman–Crippen MR) is 61.1 cm³/mol. The lowest BCUT2D eigenvalue weighted by Crippen LogP contribution is -2.63. The van der Waals surface area contributed by atoms with E-state index in [1.807, 2.05) is 30.3 Å². The van der Waals surface area contributed by atoms with Crippen LogP contribution in [0.2, 0.25) is 0 Å². The fourth-order valence-corrected chi connectivity index (χ4v) is 1.80. The fourth-order valence-electron chi connectivity index (χ4n) is 1.80. The van der Waals surface area contributed by atoms with Gasteiger partial charge in [0.2, 0.25) is 11.8 Å². The molecule has 0 aromatic heterocycles. The van der Waals surface area contributed by atoms with Crippen LogP contribution in [0, 0.1) is 0 Å². The maximum absolute atomic E-state index is 11.7. The van der Waals surface area contributed by atoms with Crippen LogP contribution in [0.5, 0.6) is 0 Å². The Bertz CT molecular complexity index is 419. The van der Waals surface area contributed by atoms with Gasteiger partial charge in [0.05, 0.1) is 6.61 Å². The first kappa shape index (κ1) is 11.6. The monoisotopic (exact) mass is 234 g/mol. The number of aliphatic hydroxyl groups is 1. The second-order valence-electron chi connectivity index (χ2n) is 3.99. The lowest BCUT2D eigenvalue weighted by molar-refractivity contribution is -0.137. The number of piperazine rings is 1. The van der Waals surface area contributed by atoms with Gasteiger partial charge in [-0.15, -0.1) is 0 Å². The van der Waals surface area contributed by atoms with Crippen LogP contribution in [0.25, 0.3) is 0 Å². The van der Waals surface area contributed by atoms with Gasteiger partial charge in [0.1, 0.15) is 12.1 Å². The standard InChI is InChI=1S/C12H14N2O3/c15-7-10-12(17)13-9(11(16)14-10)6-8-4-2-1-3-5-8/h1-5,9-10,15H,6-7H2,(H,13,17)(H,14,16)/t9-,10+/m1/s1. The van der Waals surface area contributed by atoms with E-state index in [2.05, 4.69) is 10.6 Å². The minimum atomic E-state index is -0.825. The summed E-state index contributed by atoms with van der Waals surface area (Å²) in [6.45, 7) is -0.379. The number of hydrogen-bond acceptors (Lipinski definition) is 3. The van der Waals surface area contributed by atoms with Gasteiger partial charge < -0.3 is 15.7 Å². The fraction of sp³-hybridized carbons (Fsp3) is 0.333. The molecule has 1 aromatic rings. The van der Waals surface area contributed by atoms with Crippen LogP contribution in [0.3, 0.4) is 0 Å². The van der Waals surface area contributed by atoms with Crippen LogP contribution in [-0.2, 0) is 16.0 Å². The molecule has 0 radical (unpaired) electrons. The van der Waals surface area contributed by atoms with Gasteiger partial charge in [-0.2, -0.15) is 0 Å². The molecule has 1 heterocycles. The van der Waals surface area contributed by atoms with Crippen LogP contribution in [-0.4, -0.2) is 35.6 Å². The number of carbonyl (C=O) groups excluding carboxylic acids is 2. The van der Waals surface area contributed by atoms with E-state index in [-0.39, 0.29) is 18.4 Å². The number of amides is 2. The summed E-state index contributed by atoms with van der Waals surface area (Å²) in [5, 5.41) is 14.0. The van der Waals surface area contributed by atoms with Crippen molar-refractivity contribution >= 4 is 11.8 Å². The van der Waals surface area contributed by atoms with E-state index in [1.165, 1.54) is 0 Å². The van der Waals surface area contributed by atoms with Crippen molar-refractivity contribution < 1.29 is 14.7 Å². The Balaban J connectivity index is 2.03. The van der Waals surface area contributed by atoms with E-state index < -0.39 is 12.1 Å². The molecule has 1 aliphatic heterocycles. The quantitative estimate of drug-likeness (QED) is 0.641. The van der Waals surface area contributed by atoms with Crippen LogP contribution in [0.4, 0.5) is 0 Å². The third-order valence-electron chi connectivity index (χ3n) is 2.73. The maximum Gasteiger partial charge on any atom is 0.245 e. The molecule has 1 aliphatic rings. The van der Waals surface area contributed by atoms with E-state index in [0.717, 1.165) is 5.56 Å². The summed E-state index contributed by atoms with van der Waals surface area (Å²) >= 11 is 0. The van der Waals surface area contributed by atoms with Crippen molar-refractivity contribution in [3.63, 3.8) is 0 Å². The second kappa shape index (κ2) is 4.97. The van der Waals surface area contributed by atoms with Gasteiger partial charge in [-0.1, -0.05) is 30.3 Å². The second-order valence-corrected chi connectivity index (χ2v) is 3.99. The number of hydrogen-bond donors (Lipinski definition) is 3. The largest absolute Gasteiger partial charge is 0.394 e. The SMILES string of the molecule is O=C1N[C@H](Cc2ccccc2)C(=O)N[C@H]1CO. The molecule has 0 aliphatic carbocycles. The highest BCUT2D eigenvalue weighted by molar-refractivity contribution is 5.97. The molecule has 0 bridgehead atoms. The molecule has 2 atom stereocenters. The van der Waals surface area contributed by atoms with Crippen molar-refractivity contribution in [3.05, 3.63) is 35.9 Å². The molecule has 3 N–H and O–H groups in total. The normalized spacial score (nSPS) is 24.1. The topological polar surface area (TPSA) is 78.4 Å². The summed E-state index contributed by atoms with van der Waals surface area (Å²) in [6, 6.07) is 8.07. The smallest absolute Gasteiger partial charge is 0.245 e. The summed E-state index contributed by atoms with van der Waals surface area (Å²) in [6.07, 6.45) is 0.455. The number of carbonyl (C=O) groups is 2. The molecular formula is C12H14N2O3. The third kappa shape index (κ3) is 2.62. The van der Waals surface area contributed by atoms with Gasteiger partial charge in [0, 0.05) is 6.42 Å². The molecule has 1 fully saturated rings. The molecule has 0 spiro atoms. The van der Waals surface area contributed by atoms with Crippen LogP contribution < -0.4 is 10.6 Å². The molecule has 2 amide bonds. The molecule has 17 heavy (non-hydrogen) atoms. The lowest BCUT2D eigenvalue weighted by Gasteiger charge is -2.28. The number of benzene rings is 1. The average Bonchev–Trinajstić information content (AvgIpc) is 2.34. The Kier molecular flexibility index (Phi) is 3.39. The van der Waals surface area contributed by atoms with Gasteiger partial charge in [-0.05, 0) is 5.56 Å². The summed E-state index contributed by atoms with van der Waals surface area (Å²) in [5.41, 5.74) is 0.982. The summed E-state index contributed by atoms with van der Waals surface area (Å²) in [7, 11) is 0. The Hall–Kier alpha value is -1.88. The first-order valence-corrected chi connectivity index (χ1v) is 5.46. The predicted octanol–water partition coefficient (Wildman–Crippen LogP) is -0.795. The van der Waals surface area contributed by atoms with E-state index in [0.29, 0.717) is 6.42 Å². The van der Waals surface area contributed by atoms with Crippen molar-refractivity contribution in [2.24, 2.45) is 0 Å². The molecule has 1 saturated heterocycles. The van der Waals surface area contributed by atoms with Crippen LogP contribution >= 0.6 is 0 Å². The van der Waals surface area contributed by atoms with E-state index in [4.69, 9.17) is 5.11 Å². The molecular weight excluding hydrogens is 220 g/mol. The van der Waals surface area contributed by atoms with Crippen molar-refractivity contribution in [2.45, 2.75) is 18.5 Å². The van der Waals surface area contributed by atoms with Crippen molar-refractivity contribution in [3.8, 4) is 0 Å². The third-order valence-corrected chi connectivity index (χ3v) is 2.73. The zero-order valence-corrected chi connectivity index (χ0v) is 9.22. The van der Waals surface area contributed by atoms with Gasteiger partial charge >= 0.3 is 0 Å². The highest BCUT2D eigenvalue weighted by atomic mass is 16.3. The number of rotatable bonds is 3. The van der Waals surface area contributed by atoms with Crippen LogP contribution in [0.1, 0.15) is 5.56 Å². The molecule has 0 saturated carbocycles. The maximum atomic E-state index is 11.7. The van der Waals surface area contributed by atoms with E-state index in [1.54, 1.807) is 0 Å². The minimum absolute atomic E-state index is 0.257. The summed E-state index contributed by atoms with van der Waals surface area (Å²) in [5.74, 6) is -0.597. The molecule has 2 rings (SSSR count). The van der Waals surface area contributed by atoms with Gasteiger partial charge in [-0.3, -0.25) is 9.59 Å².